The first kappa shape index (κ1) is 9.72. The second-order valence-corrected chi connectivity index (χ2v) is 4.65. The Hall–Kier alpha value is -1.49. The zero-order valence-electron chi connectivity index (χ0n) is 8.81. The highest BCUT2D eigenvalue weighted by atomic mass is 16.4. The van der Waals surface area contributed by atoms with Gasteiger partial charge in [-0.3, -0.25) is 0 Å². The van der Waals surface area contributed by atoms with Crippen molar-refractivity contribution in [1.29, 1.82) is 0 Å². The van der Waals surface area contributed by atoms with Gasteiger partial charge in [0.25, 0.3) is 0 Å². The maximum atomic E-state index is 10.8. The first-order chi connectivity index (χ1) is 7.71. The van der Waals surface area contributed by atoms with Crippen molar-refractivity contribution in [1.82, 2.24) is 15.3 Å². The summed E-state index contributed by atoms with van der Waals surface area (Å²) in [6, 6.07) is 1.44. The number of hydrogen-bond acceptors (Lipinski definition) is 4. The van der Waals surface area contributed by atoms with Crippen LogP contribution in [-0.4, -0.2) is 34.1 Å². The predicted octanol–water partition coefficient (Wildman–Crippen LogP) is 0.642. The number of carbonyl (C=O) groups is 1. The highest BCUT2D eigenvalue weighted by molar-refractivity contribution is 5.85. The molecule has 1 aromatic heterocycles. The van der Waals surface area contributed by atoms with Crippen molar-refractivity contribution in [3.05, 3.63) is 23.8 Å². The first-order valence-electron chi connectivity index (χ1n) is 5.48. The van der Waals surface area contributed by atoms with Crippen molar-refractivity contribution < 1.29 is 9.90 Å². The summed E-state index contributed by atoms with van der Waals surface area (Å²) < 4.78 is 0. The van der Waals surface area contributed by atoms with Crippen LogP contribution in [0.25, 0.3) is 0 Å². The van der Waals surface area contributed by atoms with Crippen molar-refractivity contribution in [2.24, 2.45) is 5.41 Å². The van der Waals surface area contributed by atoms with E-state index < -0.39 is 5.97 Å². The molecule has 2 fully saturated rings. The smallest absolute Gasteiger partial charge is 0.354 e. The summed E-state index contributed by atoms with van der Waals surface area (Å²) in [5.41, 5.74) is 0.412. The van der Waals surface area contributed by atoms with E-state index in [0.29, 0.717) is 17.2 Å². The van der Waals surface area contributed by atoms with Crippen LogP contribution in [0.15, 0.2) is 12.3 Å². The Morgan fingerprint density at radius 3 is 3.19 bits per heavy atom. The Morgan fingerprint density at radius 1 is 1.62 bits per heavy atom. The molecular formula is C11H13N3O2. The normalized spacial score (nSPS) is 31.9. The number of carboxylic acid groups (broad SMARTS) is 1. The van der Waals surface area contributed by atoms with Gasteiger partial charge < -0.3 is 10.4 Å². The molecule has 0 amide bonds. The Labute approximate surface area is 92.9 Å². The Bertz CT molecular complexity index is 441. The number of hydrogen-bond donors (Lipinski definition) is 2. The molecule has 84 valence electrons. The number of rotatable bonds is 2. The third-order valence-electron chi connectivity index (χ3n) is 3.67. The van der Waals surface area contributed by atoms with Crippen LogP contribution in [-0.2, 0) is 0 Å². The van der Waals surface area contributed by atoms with Crippen LogP contribution >= 0.6 is 0 Å². The van der Waals surface area contributed by atoms with Gasteiger partial charge in [-0.05, 0) is 30.9 Å². The van der Waals surface area contributed by atoms with E-state index in [0.717, 1.165) is 25.9 Å². The van der Waals surface area contributed by atoms with Crippen LogP contribution in [0.1, 0.15) is 35.1 Å². The highest BCUT2D eigenvalue weighted by Gasteiger charge is 2.57. The van der Waals surface area contributed by atoms with Crippen LogP contribution in [0.5, 0.6) is 0 Å². The van der Waals surface area contributed by atoms with Crippen LogP contribution < -0.4 is 5.32 Å². The molecule has 0 bridgehead atoms. The van der Waals surface area contributed by atoms with E-state index in [-0.39, 0.29) is 5.69 Å². The lowest BCUT2D eigenvalue weighted by atomic mass is 10.0. The second-order valence-electron chi connectivity index (χ2n) is 4.65. The fourth-order valence-electron chi connectivity index (χ4n) is 2.61. The summed E-state index contributed by atoms with van der Waals surface area (Å²) in [6.07, 6.45) is 3.78. The molecule has 1 spiro atoms. The van der Waals surface area contributed by atoms with E-state index >= 15 is 0 Å². The number of aromatic carboxylic acids is 1. The average molecular weight is 219 g/mol. The molecule has 1 saturated heterocycles. The average Bonchev–Trinajstić information content (AvgIpc) is 2.77. The Kier molecular flexibility index (Phi) is 1.97. The fraction of sp³-hybridized carbons (Fsp3) is 0.545. The topological polar surface area (TPSA) is 75.1 Å². The summed E-state index contributed by atoms with van der Waals surface area (Å²) in [4.78, 5) is 19.1. The lowest BCUT2D eigenvalue weighted by Crippen LogP contribution is -2.12. The van der Waals surface area contributed by atoms with Crippen molar-refractivity contribution in [3.8, 4) is 0 Å². The van der Waals surface area contributed by atoms with Gasteiger partial charge in [0.2, 0.25) is 0 Å². The SMILES string of the molecule is O=C(O)c1ccnc(C2CC23CCNC3)n1. The standard InChI is InChI=1S/C11H13N3O2/c15-10(16)8-1-3-13-9(14-8)7-5-11(7)2-4-12-6-11/h1,3,7,12H,2,4-6H2,(H,15,16). The zero-order valence-corrected chi connectivity index (χ0v) is 8.81. The van der Waals surface area contributed by atoms with Crippen molar-refractivity contribution in [3.63, 3.8) is 0 Å². The van der Waals surface area contributed by atoms with Crippen LogP contribution in [0.4, 0.5) is 0 Å². The minimum Gasteiger partial charge on any atom is -0.477 e. The number of aromatic nitrogens is 2. The molecule has 1 aliphatic heterocycles. The van der Waals surface area contributed by atoms with Crippen molar-refractivity contribution in [2.45, 2.75) is 18.8 Å². The number of nitrogens with one attached hydrogen (secondary N) is 1. The molecule has 2 heterocycles. The molecule has 2 aliphatic rings. The van der Waals surface area contributed by atoms with Crippen LogP contribution in [0, 0.1) is 5.41 Å². The maximum absolute atomic E-state index is 10.8. The van der Waals surface area contributed by atoms with E-state index in [1.807, 2.05) is 0 Å². The summed E-state index contributed by atoms with van der Waals surface area (Å²) in [6.45, 7) is 2.06. The molecule has 3 rings (SSSR count). The molecule has 5 nitrogen and oxygen atoms in total. The third kappa shape index (κ3) is 1.39. The molecule has 0 aromatic carbocycles. The Morgan fingerprint density at radius 2 is 2.50 bits per heavy atom. The molecule has 16 heavy (non-hydrogen) atoms. The van der Waals surface area contributed by atoms with Gasteiger partial charge in [0.1, 0.15) is 5.82 Å². The second kappa shape index (κ2) is 3.25. The molecule has 2 N–H and O–H groups in total. The van der Waals surface area contributed by atoms with E-state index in [2.05, 4.69) is 15.3 Å². The summed E-state index contributed by atoms with van der Waals surface area (Å²) >= 11 is 0. The van der Waals surface area contributed by atoms with Gasteiger partial charge in [-0.15, -0.1) is 0 Å². The zero-order chi connectivity index (χ0) is 11.2. The largest absolute Gasteiger partial charge is 0.477 e. The van der Waals surface area contributed by atoms with Gasteiger partial charge >= 0.3 is 5.97 Å². The molecule has 2 atom stereocenters. The summed E-state index contributed by atoms with van der Waals surface area (Å²) in [5.74, 6) is 0.0632. The highest BCUT2D eigenvalue weighted by Crippen LogP contribution is 2.61. The van der Waals surface area contributed by atoms with E-state index in [4.69, 9.17) is 5.11 Å². The lowest BCUT2D eigenvalue weighted by Gasteiger charge is -2.06. The molecule has 2 unspecified atom stereocenters. The van der Waals surface area contributed by atoms with E-state index in [1.165, 1.54) is 6.07 Å². The Balaban J connectivity index is 1.86. The molecule has 1 aromatic rings. The number of carboxylic acids is 1. The van der Waals surface area contributed by atoms with Gasteiger partial charge in [-0.2, -0.15) is 0 Å². The summed E-state index contributed by atoms with van der Waals surface area (Å²) in [7, 11) is 0. The maximum Gasteiger partial charge on any atom is 0.354 e. The van der Waals surface area contributed by atoms with E-state index in [9.17, 15) is 4.79 Å². The quantitative estimate of drug-likeness (QED) is 0.763. The number of nitrogens with zero attached hydrogens (tertiary/aromatic N) is 2. The van der Waals surface area contributed by atoms with Crippen LogP contribution in [0.2, 0.25) is 0 Å². The van der Waals surface area contributed by atoms with Gasteiger partial charge in [0.15, 0.2) is 5.69 Å². The monoisotopic (exact) mass is 219 g/mol. The van der Waals surface area contributed by atoms with Crippen molar-refractivity contribution >= 4 is 5.97 Å². The molecule has 1 saturated carbocycles. The lowest BCUT2D eigenvalue weighted by molar-refractivity contribution is 0.0690. The third-order valence-corrected chi connectivity index (χ3v) is 3.67. The fourth-order valence-corrected chi connectivity index (χ4v) is 2.61. The van der Waals surface area contributed by atoms with Crippen LogP contribution in [0.3, 0.4) is 0 Å². The first-order valence-corrected chi connectivity index (χ1v) is 5.48. The van der Waals surface area contributed by atoms with E-state index in [1.54, 1.807) is 6.20 Å². The van der Waals surface area contributed by atoms with Gasteiger partial charge in [0.05, 0.1) is 0 Å². The van der Waals surface area contributed by atoms with Gasteiger partial charge in [-0.1, -0.05) is 0 Å². The molecule has 1 aliphatic carbocycles. The van der Waals surface area contributed by atoms with Crippen molar-refractivity contribution in [2.75, 3.05) is 13.1 Å². The van der Waals surface area contributed by atoms with Gasteiger partial charge in [0, 0.05) is 18.7 Å². The molecule has 0 radical (unpaired) electrons. The minimum absolute atomic E-state index is 0.0954. The minimum atomic E-state index is -0.983. The van der Waals surface area contributed by atoms with Gasteiger partial charge in [-0.25, -0.2) is 14.8 Å². The molecular weight excluding hydrogens is 206 g/mol. The predicted molar refractivity (Wildman–Crippen MR) is 56.3 cm³/mol. The molecule has 5 heteroatoms. The summed E-state index contributed by atoms with van der Waals surface area (Å²) in [5, 5.41) is 12.2.